The molecule has 0 atom stereocenters. The van der Waals surface area contributed by atoms with E-state index in [1.54, 1.807) is 18.7 Å². The minimum atomic E-state index is -0.437. The van der Waals surface area contributed by atoms with Crippen molar-refractivity contribution >= 4 is 34.4 Å². The van der Waals surface area contributed by atoms with Crippen molar-refractivity contribution in [3.05, 3.63) is 24.3 Å². The standard InChI is InChI=1S/C13H17N3O2S/c1-3-18-13(17)15-11-6-4-10(5-7-11)14-12-16(2)8-9-19-12/h4-7H,3,8-9H2,1-2H3,(H,15,17). The lowest BCUT2D eigenvalue weighted by molar-refractivity contribution is 0.168. The SMILES string of the molecule is CCOC(=O)Nc1ccc(N=C2SCCN2C)cc1. The van der Waals surface area contributed by atoms with Crippen LogP contribution in [-0.2, 0) is 4.74 Å². The van der Waals surface area contributed by atoms with E-state index in [4.69, 9.17) is 4.74 Å². The molecular weight excluding hydrogens is 262 g/mol. The monoisotopic (exact) mass is 279 g/mol. The van der Waals surface area contributed by atoms with Crippen LogP contribution in [0.1, 0.15) is 6.92 Å². The van der Waals surface area contributed by atoms with Gasteiger partial charge in [0.25, 0.3) is 0 Å². The summed E-state index contributed by atoms with van der Waals surface area (Å²) in [6, 6.07) is 7.38. The van der Waals surface area contributed by atoms with E-state index in [1.165, 1.54) is 0 Å². The summed E-state index contributed by atoms with van der Waals surface area (Å²) in [5.74, 6) is 1.08. The summed E-state index contributed by atoms with van der Waals surface area (Å²) in [6.45, 7) is 3.17. The quantitative estimate of drug-likeness (QED) is 0.924. The molecule has 0 spiro atoms. The highest BCUT2D eigenvalue weighted by atomic mass is 32.2. The number of carbonyl (C=O) groups is 1. The number of carbonyl (C=O) groups excluding carboxylic acids is 1. The summed E-state index contributed by atoms with van der Waals surface area (Å²) >= 11 is 1.75. The van der Waals surface area contributed by atoms with Crippen LogP contribution in [-0.4, -0.2) is 42.1 Å². The maximum absolute atomic E-state index is 11.2. The Morgan fingerprint density at radius 3 is 2.79 bits per heavy atom. The van der Waals surface area contributed by atoms with Crippen molar-refractivity contribution < 1.29 is 9.53 Å². The molecule has 1 aromatic carbocycles. The lowest BCUT2D eigenvalue weighted by Crippen LogP contribution is -2.17. The fourth-order valence-electron chi connectivity index (χ4n) is 1.61. The van der Waals surface area contributed by atoms with Gasteiger partial charge in [0.15, 0.2) is 5.17 Å². The summed E-state index contributed by atoms with van der Waals surface area (Å²) in [5, 5.41) is 3.68. The van der Waals surface area contributed by atoms with E-state index in [9.17, 15) is 4.79 Å². The van der Waals surface area contributed by atoms with Gasteiger partial charge in [-0.15, -0.1) is 0 Å². The number of aliphatic imine (C=N–C) groups is 1. The van der Waals surface area contributed by atoms with E-state index in [2.05, 4.69) is 15.2 Å². The fourth-order valence-corrected chi connectivity index (χ4v) is 2.64. The molecule has 2 rings (SSSR count). The Morgan fingerprint density at radius 1 is 1.47 bits per heavy atom. The zero-order valence-corrected chi connectivity index (χ0v) is 11.9. The van der Waals surface area contributed by atoms with Gasteiger partial charge in [0, 0.05) is 25.0 Å². The van der Waals surface area contributed by atoms with Crippen LogP contribution in [0, 0.1) is 0 Å². The zero-order valence-electron chi connectivity index (χ0n) is 11.0. The molecule has 0 aliphatic carbocycles. The minimum Gasteiger partial charge on any atom is -0.450 e. The lowest BCUT2D eigenvalue weighted by Gasteiger charge is -2.09. The van der Waals surface area contributed by atoms with Crippen LogP contribution in [0.5, 0.6) is 0 Å². The third-order valence-corrected chi connectivity index (χ3v) is 3.65. The van der Waals surface area contributed by atoms with Crippen LogP contribution < -0.4 is 5.32 Å². The van der Waals surface area contributed by atoms with Gasteiger partial charge in [-0.2, -0.15) is 0 Å². The van der Waals surface area contributed by atoms with Crippen molar-refractivity contribution in [2.75, 3.05) is 31.3 Å². The van der Waals surface area contributed by atoms with Crippen molar-refractivity contribution in [2.24, 2.45) is 4.99 Å². The van der Waals surface area contributed by atoms with Gasteiger partial charge in [-0.25, -0.2) is 9.79 Å². The van der Waals surface area contributed by atoms with Gasteiger partial charge in [0.2, 0.25) is 0 Å². The largest absolute Gasteiger partial charge is 0.450 e. The second-order valence-electron chi connectivity index (χ2n) is 4.06. The predicted molar refractivity (Wildman–Crippen MR) is 79.3 cm³/mol. The Bertz CT molecular complexity index is 473. The number of nitrogens with zero attached hydrogens (tertiary/aromatic N) is 2. The second-order valence-corrected chi connectivity index (χ2v) is 5.12. The second kappa shape index (κ2) is 6.47. The van der Waals surface area contributed by atoms with Gasteiger partial charge in [-0.05, 0) is 31.2 Å². The number of amides is 1. The molecular formula is C13H17N3O2S. The molecule has 102 valence electrons. The maximum atomic E-state index is 11.2. The fraction of sp³-hybridized carbons (Fsp3) is 0.385. The van der Waals surface area contributed by atoms with Crippen LogP contribution >= 0.6 is 11.8 Å². The summed E-state index contributed by atoms with van der Waals surface area (Å²) in [4.78, 5) is 17.9. The molecule has 1 amide bonds. The van der Waals surface area contributed by atoms with Crippen LogP contribution in [0.15, 0.2) is 29.3 Å². The minimum absolute atomic E-state index is 0.362. The summed E-state index contributed by atoms with van der Waals surface area (Å²) < 4.78 is 4.81. The number of anilines is 1. The van der Waals surface area contributed by atoms with Crippen molar-refractivity contribution in [3.63, 3.8) is 0 Å². The third-order valence-electron chi connectivity index (χ3n) is 2.60. The molecule has 1 aromatic rings. The van der Waals surface area contributed by atoms with E-state index >= 15 is 0 Å². The summed E-state index contributed by atoms with van der Waals surface area (Å²) in [6.07, 6.45) is -0.437. The van der Waals surface area contributed by atoms with E-state index in [0.717, 1.165) is 23.2 Å². The van der Waals surface area contributed by atoms with E-state index in [0.29, 0.717) is 12.3 Å². The Kier molecular flexibility index (Phi) is 4.68. The van der Waals surface area contributed by atoms with E-state index in [1.807, 2.05) is 31.3 Å². The molecule has 6 heteroatoms. The Balaban J connectivity index is 2.00. The van der Waals surface area contributed by atoms with Crippen molar-refractivity contribution in [1.82, 2.24) is 4.90 Å². The zero-order chi connectivity index (χ0) is 13.7. The first-order valence-electron chi connectivity index (χ1n) is 6.15. The summed E-state index contributed by atoms with van der Waals surface area (Å²) in [7, 11) is 2.04. The molecule has 1 N–H and O–H groups in total. The molecule has 1 heterocycles. The Morgan fingerprint density at radius 2 is 2.21 bits per heavy atom. The first kappa shape index (κ1) is 13.7. The summed E-state index contributed by atoms with van der Waals surface area (Å²) in [5.41, 5.74) is 1.58. The maximum Gasteiger partial charge on any atom is 0.411 e. The van der Waals surface area contributed by atoms with Crippen LogP contribution in [0.4, 0.5) is 16.2 Å². The molecule has 0 saturated carbocycles. The number of hydrogen-bond acceptors (Lipinski definition) is 4. The normalized spacial score (nSPS) is 16.7. The van der Waals surface area contributed by atoms with Gasteiger partial charge in [-0.1, -0.05) is 11.8 Å². The molecule has 0 radical (unpaired) electrons. The highest BCUT2D eigenvalue weighted by molar-refractivity contribution is 8.14. The lowest BCUT2D eigenvalue weighted by atomic mass is 10.3. The van der Waals surface area contributed by atoms with Gasteiger partial charge < -0.3 is 9.64 Å². The van der Waals surface area contributed by atoms with Gasteiger partial charge in [-0.3, -0.25) is 5.32 Å². The number of nitrogens with one attached hydrogen (secondary N) is 1. The number of thioether (sulfide) groups is 1. The highest BCUT2D eigenvalue weighted by Crippen LogP contribution is 2.22. The van der Waals surface area contributed by atoms with Crippen LogP contribution in [0.3, 0.4) is 0 Å². The molecule has 19 heavy (non-hydrogen) atoms. The van der Waals surface area contributed by atoms with Gasteiger partial charge >= 0.3 is 6.09 Å². The highest BCUT2D eigenvalue weighted by Gasteiger charge is 2.14. The number of rotatable bonds is 3. The first-order chi connectivity index (χ1) is 9.19. The predicted octanol–water partition coefficient (Wildman–Crippen LogP) is 2.92. The van der Waals surface area contributed by atoms with Crippen LogP contribution in [0.2, 0.25) is 0 Å². The average molecular weight is 279 g/mol. The van der Waals surface area contributed by atoms with Crippen molar-refractivity contribution in [2.45, 2.75) is 6.92 Å². The molecule has 1 aliphatic heterocycles. The molecule has 1 fully saturated rings. The molecule has 0 bridgehead atoms. The van der Waals surface area contributed by atoms with Gasteiger partial charge in [0.1, 0.15) is 0 Å². The van der Waals surface area contributed by atoms with Gasteiger partial charge in [0.05, 0.1) is 12.3 Å². The Hall–Kier alpha value is -1.69. The first-order valence-corrected chi connectivity index (χ1v) is 7.14. The number of benzene rings is 1. The number of ether oxygens (including phenoxy) is 1. The topological polar surface area (TPSA) is 53.9 Å². The van der Waals surface area contributed by atoms with Crippen LogP contribution in [0.25, 0.3) is 0 Å². The Labute approximate surface area is 117 Å². The number of amidine groups is 1. The van der Waals surface area contributed by atoms with E-state index < -0.39 is 6.09 Å². The van der Waals surface area contributed by atoms with Crippen molar-refractivity contribution in [1.29, 1.82) is 0 Å². The third kappa shape index (κ3) is 3.89. The molecule has 5 nitrogen and oxygen atoms in total. The van der Waals surface area contributed by atoms with Crippen molar-refractivity contribution in [3.8, 4) is 0 Å². The molecule has 0 unspecified atom stereocenters. The molecule has 0 aromatic heterocycles. The average Bonchev–Trinajstić information content (AvgIpc) is 2.78. The van der Waals surface area contributed by atoms with E-state index in [-0.39, 0.29) is 0 Å². The molecule has 1 saturated heterocycles. The smallest absolute Gasteiger partial charge is 0.411 e. The number of hydrogen-bond donors (Lipinski definition) is 1. The molecule has 1 aliphatic rings.